The topological polar surface area (TPSA) is 30.2 Å². The fraction of sp³-hybridized carbons (Fsp3) is 0.100. The van der Waals surface area contributed by atoms with Crippen molar-refractivity contribution in [3.63, 3.8) is 0 Å². The summed E-state index contributed by atoms with van der Waals surface area (Å²) in [5.74, 6) is 0.906. The average Bonchev–Trinajstić information content (AvgIpc) is 3.05. The third-order valence-electron chi connectivity index (χ3n) is 4.03. The number of rotatable bonds is 4. The highest BCUT2D eigenvalue weighted by Gasteiger charge is 2.17. The Morgan fingerprint density at radius 1 is 0.792 bits per heavy atom. The third-order valence-corrected chi connectivity index (χ3v) is 6.47. The highest BCUT2D eigenvalue weighted by Crippen LogP contribution is 2.36. The Labute approximate surface area is 142 Å². The summed E-state index contributed by atoms with van der Waals surface area (Å²) in [6.07, 6.45) is 0.852. The van der Waals surface area contributed by atoms with Gasteiger partial charge in [0.15, 0.2) is 11.5 Å². The van der Waals surface area contributed by atoms with Crippen LogP contribution in [-0.2, 0) is 6.16 Å². The Balaban J connectivity index is 1.75. The van der Waals surface area contributed by atoms with Crippen molar-refractivity contribution in [2.24, 2.45) is 0 Å². The molecule has 0 saturated heterocycles. The van der Waals surface area contributed by atoms with Gasteiger partial charge in [0.25, 0.3) is 0 Å². The second kappa shape index (κ2) is 6.54. The first-order chi connectivity index (χ1) is 11.8. The first-order valence-electron chi connectivity index (χ1n) is 8.00. The molecule has 0 spiro atoms. The smallest absolute Gasteiger partial charge is 0.156 e. The van der Waals surface area contributed by atoms with Crippen LogP contribution in [0.25, 0.3) is 5.65 Å². The van der Waals surface area contributed by atoms with Crippen LogP contribution in [0.15, 0.2) is 78.9 Å². The van der Waals surface area contributed by atoms with Gasteiger partial charge in [0.2, 0.25) is 0 Å². The summed E-state index contributed by atoms with van der Waals surface area (Å²) >= 11 is 0. The average molecular weight is 331 g/mol. The third kappa shape index (κ3) is 2.95. The van der Waals surface area contributed by atoms with Crippen LogP contribution in [0.3, 0.4) is 0 Å². The van der Waals surface area contributed by atoms with E-state index in [2.05, 4.69) is 73.7 Å². The normalized spacial score (nSPS) is 11.2. The molecule has 4 rings (SSSR count). The second-order valence-electron chi connectivity index (χ2n) is 5.72. The lowest BCUT2D eigenvalue weighted by Gasteiger charge is -2.17. The minimum atomic E-state index is -0.512. The van der Waals surface area contributed by atoms with Gasteiger partial charge in [0, 0.05) is 11.9 Å². The summed E-state index contributed by atoms with van der Waals surface area (Å²) in [6.45, 7) is 2.06. The van der Waals surface area contributed by atoms with E-state index in [1.807, 2.05) is 16.6 Å². The van der Waals surface area contributed by atoms with Crippen molar-refractivity contribution in [3.8, 4) is 0 Å². The number of pyridine rings is 1. The Kier molecular flexibility index (Phi) is 4.10. The Hall–Kier alpha value is -2.51. The van der Waals surface area contributed by atoms with Crippen molar-refractivity contribution in [2.75, 3.05) is 0 Å². The maximum atomic E-state index is 4.73. The highest BCUT2D eigenvalue weighted by molar-refractivity contribution is 7.72. The molecule has 0 saturated carbocycles. The molecule has 4 heteroatoms. The van der Waals surface area contributed by atoms with Crippen molar-refractivity contribution in [1.29, 1.82) is 0 Å². The lowest BCUT2D eigenvalue weighted by molar-refractivity contribution is 0.887. The molecule has 0 amide bonds. The zero-order chi connectivity index (χ0) is 16.4. The molecule has 0 aliphatic rings. The summed E-state index contributed by atoms with van der Waals surface area (Å²) in [5, 5.41) is 7.44. The van der Waals surface area contributed by atoms with Crippen molar-refractivity contribution in [3.05, 3.63) is 90.4 Å². The molecule has 4 aromatic rings. The summed E-state index contributed by atoms with van der Waals surface area (Å²) < 4.78 is 1.93. The summed E-state index contributed by atoms with van der Waals surface area (Å²) in [5.41, 5.74) is 2.02. The first-order valence-corrected chi connectivity index (χ1v) is 9.53. The number of aryl methyl sites for hydroxylation is 1. The molecule has 0 aliphatic carbocycles. The van der Waals surface area contributed by atoms with Gasteiger partial charge in [0.05, 0.1) is 0 Å². The Morgan fingerprint density at radius 2 is 1.42 bits per heavy atom. The van der Waals surface area contributed by atoms with Crippen LogP contribution < -0.4 is 10.6 Å². The molecule has 2 heterocycles. The zero-order valence-corrected chi connectivity index (χ0v) is 14.4. The van der Waals surface area contributed by atoms with E-state index in [1.165, 1.54) is 10.6 Å². The fourth-order valence-corrected chi connectivity index (χ4v) is 4.98. The van der Waals surface area contributed by atoms with Gasteiger partial charge >= 0.3 is 0 Å². The molecule has 2 aromatic heterocycles. The SMILES string of the molecule is Cc1cccc2nc(CP(c3ccccc3)c3ccccc3)nn12. The van der Waals surface area contributed by atoms with Gasteiger partial charge in [0.1, 0.15) is 0 Å². The predicted octanol–water partition coefficient (Wildman–Crippen LogP) is 3.67. The molecule has 118 valence electrons. The van der Waals surface area contributed by atoms with Gasteiger partial charge in [-0.1, -0.05) is 66.7 Å². The number of hydrogen-bond donors (Lipinski definition) is 0. The molecule has 0 radical (unpaired) electrons. The molecule has 0 unspecified atom stereocenters. The molecule has 2 aromatic carbocycles. The minimum Gasteiger partial charge on any atom is -0.218 e. The number of aromatic nitrogens is 3. The van der Waals surface area contributed by atoms with Crippen LogP contribution in [0.5, 0.6) is 0 Å². The standard InChI is InChI=1S/C20H18N3P/c1-16-9-8-14-20-21-19(22-23(16)20)15-24(17-10-4-2-5-11-17)18-12-6-3-7-13-18/h2-14H,15H2,1H3. The molecule has 0 aliphatic heterocycles. The zero-order valence-electron chi connectivity index (χ0n) is 13.5. The van der Waals surface area contributed by atoms with E-state index in [9.17, 15) is 0 Å². The lowest BCUT2D eigenvalue weighted by atomic mass is 10.4. The van der Waals surface area contributed by atoms with Crippen LogP contribution >= 0.6 is 7.92 Å². The molecular weight excluding hydrogens is 313 g/mol. The maximum absolute atomic E-state index is 4.73. The van der Waals surface area contributed by atoms with Crippen molar-refractivity contribution >= 4 is 24.2 Å². The summed E-state index contributed by atoms with van der Waals surface area (Å²) in [4.78, 5) is 4.73. The van der Waals surface area contributed by atoms with Crippen LogP contribution in [0.2, 0.25) is 0 Å². The monoisotopic (exact) mass is 331 g/mol. The van der Waals surface area contributed by atoms with Gasteiger partial charge in [-0.05, 0) is 37.6 Å². The van der Waals surface area contributed by atoms with Crippen molar-refractivity contribution in [1.82, 2.24) is 14.6 Å². The Morgan fingerprint density at radius 3 is 2.00 bits per heavy atom. The molecule has 24 heavy (non-hydrogen) atoms. The number of hydrogen-bond acceptors (Lipinski definition) is 2. The van der Waals surface area contributed by atoms with Crippen LogP contribution in [-0.4, -0.2) is 14.6 Å². The van der Waals surface area contributed by atoms with Gasteiger partial charge in [-0.15, -0.1) is 0 Å². The molecule has 3 nitrogen and oxygen atoms in total. The highest BCUT2D eigenvalue weighted by atomic mass is 31.1. The van der Waals surface area contributed by atoms with Gasteiger partial charge in [-0.25, -0.2) is 9.50 Å². The van der Waals surface area contributed by atoms with E-state index >= 15 is 0 Å². The van der Waals surface area contributed by atoms with E-state index in [0.717, 1.165) is 23.3 Å². The van der Waals surface area contributed by atoms with Crippen molar-refractivity contribution in [2.45, 2.75) is 13.1 Å². The minimum absolute atomic E-state index is 0.512. The van der Waals surface area contributed by atoms with Gasteiger partial charge in [-0.2, -0.15) is 5.10 Å². The Bertz CT molecular complexity index is 909. The second-order valence-corrected chi connectivity index (χ2v) is 7.93. The molecule has 0 N–H and O–H groups in total. The fourth-order valence-electron chi connectivity index (χ4n) is 2.84. The first kappa shape index (κ1) is 15.0. The van der Waals surface area contributed by atoms with Crippen molar-refractivity contribution < 1.29 is 0 Å². The van der Waals surface area contributed by atoms with E-state index in [1.54, 1.807) is 0 Å². The largest absolute Gasteiger partial charge is 0.218 e. The summed E-state index contributed by atoms with van der Waals surface area (Å²) in [6, 6.07) is 27.5. The van der Waals surface area contributed by atoms with Gasteiger partial charge < -0.3 is 0 Å². The van der Waals surface area contributed by atoms with Gasteiger partial charge in [-0.3, -0.25) is 0 Å². The summed E-state index contributed by atoms with van der Waals surface area (Å²) in [7, 11) is -0.512. The number of nitrogens with zero attached hydrogens (tertiary/aromatic N) is 3. The van der Waals surface area contributed by atoms with Crippen LogP contribution in [0.1, 0.15) is 11.5 Å². The van der Waals surface area contributed by atoms with E-state index < -0.39 is 7.92 Å². The molecular formula is C20H18N3P. The molecule has 0 bridgehead atoms. The van der Waals surface area contributed by atoms with E-state index in [-0.39, 0.29) is 0 Å². The molecule has 0 atom stereocenters. The maximum Gasteiger partial charge on any atom is 0.156 e. The number of benzene rings is 2. The predicted molar refractivity (Wildman–Crippen MR) is 101 cm³/mol. The van der Waals surface area contributed by atoms with E-state index in [0.29, 0.717) is 0 Å². The number of fused-ring (bicyclic) bond motifs is 1. The van der Waals surface area contributed by atoms with E-state index in [4.69, 9.17) is 10.1 Å². The van der Waals surface area contributed by atoms with Crippen LogP contribution in [0, 0.1) is 6.92 Å². The molecule has 0 fully saturated rings. The van der Waals surface area contributed by atoms with Crippen LogP contribution in [0.4, 0.5) is 0 Å². The quantitative estimate of drug-likeness (QED) is 0.534. The lowest BCUT2D eigenvalue weighted by Crippen LogP contribution is -2.13.